The Morgan fingerprint density at radius 1 is 1.58 bits per heavy atom. The summed E-state index contributed by atoms with van der Waals surface area (Å²) in [4.78, 5) is 10.8. The summed E-state index contributed by atoms with van der Waals surface area (Å²) in [5.41, 5.74) is 8.10. The molecule has 3 N–H and O–H groups in total. The van der Waals surface area contributed by atoms with E-state index in [-0.39, 0.29) is 11.9 Å². The number of carbonyl (C=O) groups excluding carboxylic acids is 1. The van der Waals surface area contributed by atoms with Crippen LogP contribution in [-0.4, -0.2) is 16.6 Å². The number of nitrogens with one attached hydrogen (secondary N) is 1. The average molecular weight is 167 g/mol. The molecule has 1 rings (SSSR count). The minimum Gasteiger partial charge on any atom is -0.368 e. The van der Waals surface area contributed by atoms with Crippen LogP contribution in [0.1, 0.15) is 13.3 Å². The highest BCUT2D eigenvalue weighted by molar-refractivity contribution is 5.81. The molecule has 0 saturated carbocycles. The van der Waals surface area contributed by atoms with E-state index in [0.29, 0.717) is 6.42 Å². The fraction of sp³-hybridized carbons (Fsp3) is 0.375. The first kappa shape index (κ1) is 8.64. The van der Waals surface area contributed by atoms with Gasteiger partial charge in [-0.15, -0.1) is 0 Å². The van der Waals surface area contributed by atoms with Crippen molar-refractivity contribution in [1.82, 2.24) is 4.68 Å². The topological polar surface area (TPSA) is 60.1 Å². The van der Waals surface area contributed by atoms with Crippen molar-refractivity contribution in [3.8, 4) is 0 Å². The van der Waals surface area contributed by atoms with Gasteiger partial charge in [-0.1, -0.05) is 6.92 Å². The number of aromatic nitrogens is 1. The molecule has 0 aliphatic carbocycles. The van der Waals surface area contributed by atoms with Crippen molar-refractivity contribution in [2.45, 2.75) is 19.4 Å². The first-order chi connectivity index (χ1) is 5.74. The summed E-state index contributed by atoms with van der Waals surface area (Å²) in [5.74, 6) is -0.328. The summed E-state index contributed by atoms with van der Waals surface area (Å²) in [6.45, 7) is 1.91. The lowest BCUT2D eigenvalue weighted by Crippen LogP contribution is -2.38. The van der Waals surface area contributed by atoms with Crippen molar-refractivity contribution in [1.29, 1.82) is 0 Å². The predicted molar refractivity (Wildman–Crippen MR) is 47.1 cm³/mol. The van der Waals surface area contributed by atoms with Gasteiger partial charge in [0.25, 0.3) is 0 Å². The first-order valence-electron chi connectivity index (χ1n) is 3.93. The lowest BCUT2D eigenvalue weighted by atomic mass is 10.2. The maximum Gasteiger partial charge on any atom is 0.241 e. The summed E-state index contributed by atoms with van der Waals surface area (Å²) in [5, 5.41) is 0. The maximum absolute atomic E-state index is 10.8. The van der Waals surface area contributed by atoms with Crippen molar-refractivity contribution in [2.75, 3.05) is 5.43 Å². The zero-order valence-electron chi connectivity index (χ0n) is 7.03. The average Bonchev–Trinajstić information content (AvgIpc) is 2.51. The molecule has 1 atom stereocenters. The molecular formula is C8H13N3O. The quantitative estimate of drug-likeness (QED) is 0.677. The number of amides is 1. The molecule has 0 aromatic carbocycles. The second-order valence-corrected chi connectivity index (χ2v) is 2.58. The molecule has 12 heavy (non-hydrogen) atoms. The van der Waals surface area contributed by atoms with E-state index in [1.807, 2.05) is 31.5 Å². The lowest BCUT2D eigenvalue weighted by Gasteiger charge is -2.14. The summed E-state index contributed by atoms with van der Waals surface area (Å²) in [6.07, 6.45) is 4.34. The monoisotopic (exact) mass is 167 g/mol. The number of hydrogen-bond acceptors (Lipinski definition) is 2. The molecule has 0 radical (unpaired) electrons. The Morgan fingerprint density at radius 3 is 2.58 bits per heavy atom. The molecule has 0 bridgehead atoms. The molecule has 0 fully saturated rings. The normalized spacial score (nSPS) is 12.4. The Labute approximate surface area is 71.3 Å². The van der Waals surface area contributed by atoms with Crippen molar-refractivity contribution >= 4 is 5.91 Å². The molecule has 0 spiro atoms. The summed E-state index contributed by atoms with van der Waals surface area (Å²) in [6, 6.07) is 3.46. The number of rotatable bonds is 4. The fourth-order valence-electron chi connectivity index (χ4n) is 0.957. The Balaban J connectivity index is 2.54. The van der Waals surface area contributed by atoms with E-state index in [9.17, 15) is 4.79 Å². The fourth-order valence-corrected chi connectivity index (χ4v) is 0.957. The Morgan fingerprint density at radius 2 is 2.17 bits per heavy atom. The third-order valence-electron chi connectivity index (χ3n) is 1.66. The van der Waals surface area contributed by atoms with E-state index in [1.54, 1.807) is 4.68 Å². The van der Waals surface area contributed by atoms with Crippen LogP contribution in [0, 0.1) is 0 Å². The van der Waals surface area contributed by atoms with E-state index in [0.717, 1.165) is 0 Å². The zero-order chi connectivity index (χ0) is 8.97. The van der Waals surface area contributed by atoms with E-state index in [4.69, 9.17) is 5.73 Å². The molecule has 0 saturated heterocycles. The SMILES string of the molecule is CCC(Nn1cccc1)C(N)=O. The Hall–Kier alpha value is -1.45. The van der Waals surface area contributed by atoms with E-state index in [2.05, 4.69) is 5.43 Å². The van der Waals surface area contributed by atoms with E-state index >= 15 is 0 Å². The maximum atomic E-state index is 10.8. The molecule has 4 heteroatoms. The minimum absolute atomic E-state index is 0.294. The third-order valence-corrected chi connectivity index (χ3v) is 1.66. The number of primary amides is 1. The van der Waals surface area contributed by atoms with Gasteiger partial charge in [0.2, 0.25) is 5.91 Å². The van der Waals surface area contributed by atoms with Gasteiger partial charge in [-0.3, -0.25) is 9.47 Å². The van der Waals surface area contributed by atoms with Gasteiger partial charge >= 0.3 is 0 Å². The molecule has 1 heterocycles. The van der Waals surface area contributed by atoms with Crippen LogP contribution in [0.4, 0.5) is 0 Å². The van der Waals surface area contributed by atoms with Crippen LogP contribution in [0.5, 0.6) is 0 Å². The second kappa shape index (κ2) is 3.80. The highest BCUT2D eigenvalue weighted by Crippen LogP contribution is 1.93. The largest absolute Gasteiger partial charge is 0.368 e. The van der Waals surface area contributed by atoms with Crippen LogP contribution >= 0.6 is 0 Å². The molecule has 66 valence electrons. The summed E-state index contributed by atoms with van der Waals surface area (Å²) >= 11 is 0. The number of hydrogen-bond donors (Lipinski definition) is 2. The van der Waals surface area contributed by atoms with E-state index in [1.165, 1.54) is 0 Å². The molecule has 0 aliphatic rings. The van der Waals surface area contributed by atoms with Crippen molar-refractivity contribution < 1.29 is 4.79 Å². The van der Waals surface area contributed by atoms with Gasteiger partial charge in [-0.05, 0) is 18.6 Å². The van der Waals surface area contributed by atoms with Gasteiger partial charge in [-0.2, -0.15) is 0 Å². The zero-order valence-corrected chi connectivity index (χ0v) is 7.03. The van der Waals surface area contributed by atoms with Gasteiger partial charge in [-0.25, -0.2) is 0 Å². The molecule has 1 amide bonds. The van der Waals surface area contributed by atoms with Crippen LogP contribution in [0.25, 0.3) is 0 Å². The molecule has 1 unspecified atom stereocenters. The minimum atomic E-state index is -0.328. The summed E-state index contributed by atoms with van der Waals surface area (Å²) in [7, 11) is 0. The molecule has 0 aliphatic heterocycles. The van der Waals surface area contributed by atoms with Gasteiger partial charge in [0.1, 0.15) is 6.04 Å². The third kappa shape index (κ3) is 2.02. The van der Waals surface area contributed by atoms with Crippen LogP contribution < -0.4 is 11.2 Å². The van der Waals surface area contributed by atoms with Crippen LogP contribution in [0.3, 0.4) is 0 Å². The van der Waals surface area contributed by atoms with Gasteiger partial charge < -0.3 is 11.2 Å². The van der Waals surface area contributed by atoms with Crippen molar-refractivity contribution in [2.24, 2.45) is 5.73 Å². The van der Waals surface area contributed by atoms with Crippen molar-refractivity contribution in [3.05, 3.63) is 24.5 Å². The lowest BCUT2D eigenvalue weighted by molar-refractivity contribution is -0.119. The molecular weight excluding hydrogens is 154 g/mol. The van der Waals surface area contributed by atoms with Crippen LogP contribution in [0.2, 0.25) is 0 Å². The second-order valence-electron chi connectivity index (χ2n) is 2.58. The Kier molecular flexibility index (Phi) is 2.74. The number of nitrogens with two attached hydrogens (primary N) is 1. The Bertz CT molecular complexity index is 243. The number of nitrogens with zero attached hydrogens (tertiary/aromatic N) is 1. The molecule has 1 aromatic heterocycles. The van der Waals surface area contributed by atoms with Gasteiger partial charge in [0, 0.05) is 12.4 Å². The number of carbonyl (C=O) groups is 1. The van der Waals surface area contributed by atoms with Crippen molar-refractivity contribution in [3.63, 3.8) is 0 Å². The first-order valence-corrected chi connectivity index (χ1v) is 3.93. The van der Waals surface area contributed by atoms with Crippen LogP contribution in [0.15, 0.2) is 24.5 Å². The summed E-state index contributed by atoms with van der Waals surface area (Å²) < 4.78 is 1.72. The van der Waals surface area contributed by atoms with E-state index < -0.39 is 0 Å². The molecule has 4 nitrogen and oxygen atoms in total. The molecule has 1 aromatic rings. The standard InChI is InChI=1S/C8H13N3O/c1-2-7(8(9)12)10-11-5-3-4-6-11/h3-7,10H,2H2,1H3,(H2,9,12). The van der Waals surface area contributed by atoms with Gasteiger partial charge in [0.15, 0.2) is 0 Å². The van der Waals surface area contributed by atoms with Crippen LogP contribution in [-0.2, 0) is 4.79 Å². The van der Waals surface area contributed by atoms with Gasteiger partial charge in [0.05, 0.1) is 0 Å². The highest BCUT2D eigenvalue weighted by Gasteiger charge is 2.10. The highest BCUT2D eigenvalue weighted by atomic mass is 16.1. The smallest absolute Gasteiger partial charge is 0.241 e. The predicted octanol–water partition coefficient (Wildman–Crippen LogP) is 0.295.